The molecule has 77 heavy (non-hydrogen) atoms. The van der Waals surface area contributed by atoms with Crippen molar-refractivity contribution in [3.8, 4) is 69.0 Å². The summed E-state index contributed by atoms with van der Waals surface area (Å²) in [5, 5.41) is 0. The van der Waals surface area contributed by atoms with Gasteiger partial charge in [-0.15, -0.1) is 0 Å². The first-order valence-corrected chi connectivity index (χ1v) is 29.3. The van der Waals surface area contributed by atoms with E-state index in [0.29, 0.717) is 63.2 Å². The summed E-state index contributed by atoms with van der Waals surface area (Å²) in [6.45, 7) is 0. The maximum atomic E-state index is 14.0. The van der Waals surface area contributed by atoms with Crippen LogP contribution in [0.4, 0.5) is 0 Å². The molecule has 10 aromatic rings. The Balaban J connectivity index is 0.731. The van der Waals surface area contributed by atoms with Crippen LogP contribution in [0.5, 0.6) is 69.0 Å². The molecule has 10 aromatic carbocycles. The largest absolute Gasteiger partial charge is 0.457 e. The minimum Gasteiger partial charge on any atom is -0.457 e. The summed E-state index contributed by atoms with van der Waals surface area (Å²) in [5.41, 5.74) is 0. The average molecular weight is 1210 g/mol. The maximum Gasteiger partial charge on any atom is 0.210 e. The lowest BCUT2D eigenvalue weighted by Gasteiger charge is -2.13. The van der Waals surface area contributed by atoms with E-state index in [4.69, 9.17) is 28.4 Å². The second-order valence-corrected chi connectivity index (χ2v) is 24.4. The van der Waals surface area contributed by atoms with Gasteiger partial charge >= 0.3 is 0 Å². The van der Waals surface area contributed by atoms with Crippen molar-refractivity contribution in [1.29, 1.82) is 0 Å². The van der Waals surface area contributed by atoms with Crippen LogP contribution in [0.15, 0.2) is 281 Å². The topological polar surface area (TPSA) is 158 Å². The average Bonchev–Trinajstić information content (AvgIpc) is 3.44. The Labute approximate surface area is 461 Å². The summed E-state index contributed by atoms with van der Waals surface area (Å²) >= 11 is 6.78. The van der Waals surface area contributed by atoms with Crippen molar-refractivity contribution in [2.45, 2.75) is 29.4 Å². The summed E-state index contributed by atoms with van der Waals surface area (Å²) < 4.78 is 119. The van der Waals surface area contributed by atoms with Crippen molar-refractivity contribution < 1.29 is 53.7 Å². The number of hydrogen-bond donors (Lipinski definition) is 0. The molecule has 0 saturated carbocycles. The Hall–Kier alpha value is -8.19. The molecule has 0 amide bonds. The fraction of sp³-hybridized carbons (Fsp3) is 0. The highest BCUT2D eigenvalue weighted by atomic mass is 79.9. The van der Waals surface area contributed by atoms with Crippen molar-refractivity contribution in [2.75, 3.05) is 0 Å². The Kier molecular flexibility index (Phi) is 15.3. The molecule has 0 aliphatic carbocycles. The normalized spacial score (nSPS) is 11.6. The third kappa shape index (κ3) is 12.6. The second-order valence-electron chi connectivity index (χ2n) is 16.8. The van der Waals surface area contributed by atoms with E-state index in [1.165, 1.54) is 78.9 Å². The predicted molar refractivity (Wildman–Crippen MR) is 297 cm³/mol. The standard InChI is InChI=1S/C60H40Br2O12S3/c61-41-8-12-43(13-9-41)69-46-20-30-54(31-21-46)75(63,64)56-34-24-48(25-35-56)71-45-16-18-51(19-17-45)74-59-6-1-2-7-60(59)77(67,68)58-38-28-50(29-39-58)73-53-5-3-4-52(40-53)72-49-26-36-57(37-27-49)76(65,66)55-32-22-47(23-33-55)70-44-14-10-42(62)11-15-44/h1-40H. The molecule has 0 unspecified atom stereocenters. The van der Waals surface area contributed by atoms with Crippen molar-refractivity contribution in [3.63, 3.8) is 0 Å². The van der Waals surface area contributed by atoms with E-state index >= 15 is 0 Å². The molecular formula is C60H40Br2O12S3. The third-order valence-corrected chi connectivity index (χ3v) is 17.9. The minimum atomic E-state index is -4.08. The summed E-state index contributed by atoms with van der Waals surface area (Å²) in [5.74, 6) is 5.08. The van der Waals surface area contributed by atoms with E-state index in [9.17, 15) is 25.3 Å². The number of rotatable bonds is 18. The van der Waals surface area contributed by atoms with E-state index in [1.54, 1.807) is 140 Å². The van der Waals surface area contributed by atoms with E-state index < -0.39 is 29.5 Å². The quantitative estimate of drug-likeness (QED) is 0.0802. The van der Waals surface area contributed by atoms with Crippen LogP contribution >= 0.6 is 31.9 Å². The third-order valence-electron chi connectivity index (χ3n) is 11.5. The molecule has 384 valence electrons. The first-order valence-electron chi connectivity index (χ1n) is 23.3. The van der Waals surface area contributed by atoms with Gasteiger partial charge in [0.2, 0.25) is 29.5 Å². The summed E-state index contributed by atoms with van der Waals surface area (Å²) in [6, 6.07) is 64.7. The molecule has 0 aliphatic heterocycles. The molecule has 12 nitrogen and oxygen atoms in total. The van der Waals surface area contributed by atoms with Gasteiger partial charge in [-0.05, 0) is 218 Å². The molecule has 10 rings (SSSR count). The highest BCUT2D eigenvalue weighted by molar-refractivity contribution is 9.10. The van der Waals surface area contributed by atoms with Gasteiger partial charge in [0.25, 0.3) is 0 Å². The number of hydrogen-bond acceptors (Lipinski definition) is 12. The van der Waals surface area contributed by atoms with Crippen LogP contribution in [-0.2, 0) is 29.5 Å². The fourth-order valence-electron chi connectivity index (χ4n) is 7.58. The second kappa shape index (κ2) is 22.6. The number of benzene rings is 10. The van der Waals surface area contributed by atoms with E-state index in [1.807, 2.05) is 24.3 Å². The van der Waals surface area contributed by atoms with Crippen molar-refractivity contribution in [1.82, 2.24) is 0 Å². The molecule has 0 aromatic heterocycles. The van der Waals surface area contributed by atoms with Crippen LogP contribution in [-0.4, -0.2) is 25.3 Å². The zero-order valence-electron chi connectivity index (χ0n) is 40.0. The zero-order valence-corrected chi connectivity index (χ0v) is 45.6. The predicted octanol–water partition coefficient (Wildman–Crippen LogP) is 16.5. The molecule has 0 saturated heterocycles. The van der Waals surface area contributed by atoms with Crippen molar-refractivity contribution >= 4 is 61.4 Å². The minimum absolute atomic E-state index is 0.00819. The van der Waals surface area contributed by atoms with Crippen LogP contribution in [0.2, 0.25) is 0 Å². The molecule has 0 spiro atoms. The number of para-hydroxylation sites is 1. The highest BCUT2D eigenvalue weighted by Crippen LogP contribution is 2.37. The molecular weight excluding hydrogens is 1170 g/mol. The fourth-order valence-corrected chi connectivity index (χ4v) is 12.0. The van der Waals surface area contributed by atoms with Crippen LogP contribution < -0.4 is 28.4 Å². The van der Waals surface area contributed by atoms with Gasteiger partial charge in [-0.3, -0.25) is 0 Å². The van der Waals surface area contributed by atoms with Gasteiger partial charge in [0.15, 0.2) is 0 Å². The van der Waals surface area contributed by atoms with Gasteiger partial charge in [0.1, 0.15) is 73.9 Å². The first kappa shape index (κ1) is 52.3. The lowest BCUT2D eigenvalue weighted by molar-refractivity contribution is 0.459. The highest BCUT2D eigenvalue weighted by Gasteiger charge is 2.24. The van der Waals surface area contributed by atoms with E-state index in [0.717, 1.165) is 8.95 Å². The molecule has 0 N–H and O–H groups in total. The lowest BCUT2D eigenvalue weighted by atomic mass is 10.3. The Morgan fingerprint density at radius 1 is 0.234 bits per heavy atom. The first-order chi connectivity index (χ1) is 37.1. The lowest BCUT2D eigenvalue weighted by Crippen LogP contribution is -2.04. The number of ether oxygens (including phenoxy) is 6. The summed E-state index contributed by atoms with van der Waals surface area (Å²) in [4.78, 5) is 0.353. The van der Waals surface area contributed by atoms with Crippen molar-refractivity contribution in [2.24, 2.45) is 0 Å². The van der Waals surface area contributed by atoms with Gasteiger partial charge in [0, 0.05) is 15.0 Å². The molecule has 0 heterocycles. The molecule has 17 heteroatoms. The van der Waals surface area contributed by atoms with E-state index in [-0.39, 0.29) is 35.1 Å². The Bertz CT molecular complexity index is 4030. The van der Waals surface area contributed by atoms with Crippen LogP contribution in [0.1, 0.15) is 0 Å². The number of halogens is 2. The summed E-state index contributed by atoms with van der Waals surface area (Å²) in [7, 11) is -11.7. The smallest absolute Gasteiger partial charge is 0.210 e. The molecule has 0 bridgehead atoms. The molecule has 0 radical (unpaired) electrons. The van der Waals surface area contributed by atoms with E-state index in [2.05, 4.69) is 31.9 Å². The van der Waals surface area contributed by atoms with Gasteiger partial charge in [0.05, 0.1) is 24.5 Å². The monoisotopic (exact) mass is 1210 g/mol. The Morgan fingerprint density at radius 2 is 0.481 bits per heavy atom. The molecule has 0 atom stereocenters. The van der Waals surface area contributed by atoms with Gasteiger partial charge in [-0.25, -0.2) is 25.3 Å². The van der Waals surface area contributed by atoms with Crippen LogP contribution in [0.3, 0.4) is 0 Å². The number of sulfone groups is 3. The summed E-state index contributed by atoms with van der Waals surface area (Å²) in [6.07, 6.45) is 0. The zero-order chi connectivity index (χ0) is 53.6. The van der Waals surface area contributed by atoms with Gasteiger partial charge in [-0.1, -0.05) is 50.1 Å². The molecule has 0 fully saturated rings. The SMILES string of the molecule is O=S(=O)(c1ccc(Oc2ccc(Br)cc2)cc1)c1ccc(Oc2ccc(Oc3ccccc3S(=O)(=O)c3ccc(Oc4cccc(Oc5ccc(S(=O)(=O)c6ccc(Oc7ccc(Br)cc7)cc6)cc5)c4)cc3)cc2)cc1. The van der Waals surface area contributed by atoms with Crippen LogP contribution in [0.25, 0.3) is 0 Å². The molecule has 0 aliphatic rings. The Morgan fingerprint density at radius 3 is 0.805 bits per heavy atom. The van der Waals surface area contributed by atoms with Gasteiger partial charge in [-0.2, -0.15) is 0 Å². The van der Waals surface area contributed by atoms with Crippen LogP contribution in [0, 0.1) is 0 Å². The van der Waals surface area contributed by atoms with Crippen molar-refractivity contribution in [3.05, 3.63) is 252 Å². The van der Waals surface area contributed by atoms with Gasteiger partial charge < -0.3 is 28.4 Å². The maximum absolute atomic E-state index is 14.0.